The SMILES string of the molecule is C=CC(=O)N1CCN(c2nc(OCC3CCCN3C)nc3c(Oc4c(C)ccc5[nH]ncc45)cccc23)CC1. The lowest BCUT2D eigenvalue weighted by Gasteiger charge is -2.35. The molecular weight excluding hydrogens is 494 g/mol. The molecule has 2 aromatic heterocycles. The number of H-pyrrole nitrogens is 1. The highest BCUT2D eigenvalue weighted by molar-refractivity contribution is 5.95. The Hall–Kier alpha value is -4.18. The fourth-order valence-electron chi connectivity index (χ4n) is 5.45. The summed E-state index contributed by atoms with van der Waals surface area (Å²) < 4.78 is 12.8. The molecule has 0 saturated carbocycles. The number of ether oxygens (including phenoxy) is 2. The molecule has 1 amide bonds. The van der Waals surface area contributed by atoms with E-state index in [0.717, 1.165) is 46.4 Å². The summed E-state index contributed by atoms with van der Waals surface area (Å²) in [4.78, 5) is 28.2. The van der Waals surface area contributed by atoms with E-state index in [1.54, 1.807) is 6.20 Å². The minimum absolute atomic E-state index is 0.0496. The number of likely N-dealkylation sites (N-methyl/N-ethyl adjacent to an activating group) is 1. The smallest absolute Gasteiger partial charge is 0.319 e. The minimum Gasteiger partial charge on any atom is -0.462 e. The van der Waals surface area contributed by atoms with E-state index < -0.39 is 0 Å². The number of fused-ring (bicyclic) bond motifs is 2. The van der Waals surface area contributed by atoms with Crippen molar-refractivity contribution in [1.82, 2.24) is 30.0 Å². The number of amides is 1. The van der Waals surface area contributed by atoms with Crippen molar-refractivity contribution in [1.29, 1.82) is 0 Å². The quantitative estimate of drug-likeness (QED) is 0.361. The molecule has 1 atom stereocenters. The molecule has 0 aliphatic carbocycles. The number of carbonyl (C=O) groups excluding carboxylic acids is 1. The van der Waals surface area contributed by atoms with Crippen molar-refractivity contribution in [3.63, 3.8) is 0 Å². The lowest BCUT2D eigenvalue weighted by atomic mass is 10.1. The average molecular weight is 528 g/mol. The molecule has 1 unspecified atom stereocenters. The molecule has 10 nitrogen and oxygen atoms in total. The Kier molecular flexibility index (Phi) is 6.78. The molecule has 2 aromatic carbocycles. The third-order valence-electron chi connectivity index (χ3n) is 7.77. The number of likely N-dealkylation sites (tertiary alicyclic amines) is 1. The summed E-state index contributed by atoms with van der Waals surface area (Å²) in [6.45, 7) is 9.73. The molecule has 2 aliphatic heterocycles. The molecule has 2 saturated heterocycles. The first-order valence-corrected chi connectivity index (χ1v) is 13.4. The maximum Gasteiger partial charge on any atom is 0.319 e. The first-order chi connectivity index (χ1) is 19.0. The average Bonchev–Trinajstić information content (AvgIpc) is 3.61. The van der Waals surface area contributed by atoms with Crippen molar-refractivity contribution in [2.45, 2.75) is 25.8 Å². The highest BCUT2D eigenvalue weighted by Crippen LogP contribution is 2.38. The number of carbonyl (C=O) groups is 1. The van der Waals surface area contributed by atoms with Crippen LogP contribution in [0.4, 0.5) is 5.82 Å². The summed E-state index contributed by atoms with van der Waals surface area (Å²) in [5, 5.41) is 8.99. The molecule has 6 rings (SSSR count). The molecule has 2 fully saturated rings. The summed E-state index contributed by atoms with van der Waals surface area (Å²) in [6.07, 6.45) is 5.41. The monoisotopic (exact) mass is 527 g/mol. The van der Waals surface area contributed by atoms with Gasteiger partial charge in [-0.1, -0.05) is 18.7 Å². The van der Waals surface area contributed by atoms with Crippen LogP contribution in [0.25, 0.3) is 21.8 Å². The summed E-state index contributed by atoms with van der Waals surface area (Å²) in [5.41, 5.74) is 2.59. The van der Waals surface area contributed by atoms with Crippen molar-refractivity contribution in [3.8, 4) is 17.5 Å². The fourth-order valence-corrected chi connectivity index (χ4v) is 5.45. The number of benzene rings is 2. The van der Waals surface area contributed by atoms with Crippen LogP contribution in [0.1, 0.15) is 18.4 Å². The highest BCUT2D eigenvalue weighted by Gasteiger charge is 2.26. The third kappa shape index (κ3) is 4.87. The molecule has 0 radical (unpaired) electrons. The number of para-hydroxylation sites is 1. The Morgan fingerprint density at radius 1 is 1.13 bits per heavy atom. The summed E-state index contributed by atoms with van der Waals surface area (Å²) >= 11 is 0. The number of piperazine rings is 1. The molecule has 39 heavy (non-hydrogen) atoms. The molecule has 0 spiro atoms. The van der Waals surface area contributed by atoms with E-state index in [0.29, 0.717) is 56.1 Å². The normalized spacial score (nSPS) is 18.2. The van der Waals surface area contributed by atoms with E-state index in [2.05, 4.69) is 33.6 Å². The molecule has 2 aliphatic rings. The van der Waals surface area contributed by atoms with E-state index in [4.69, 9.17) is 19.4 Å². The van der Waals surface area contributed by atoms with Gasteiger partial charge in [0.15, 0.2) is 5.75 Å². The van der Waals surface area contributed by atoms with E-state index in [9.17, 15) is 4.79 Å². The second-order valence-electron chi connectivity index (χ2n) is 10.2. The molecule has 1 N–H and O–H groups in total. The van der Waals surface area contributed by atoms with Gasteiger partial charge >= 0.3 is 6.01 Å². The molecule has 4 heterocycles. The number of aryl methyl sites for hydroxylation is 1. The van der Waals surface area contributed by atoms with Gasteiger partial charge in [0.1, 0.15) is 23.7 Å². The Morgan fingerprint density at radius 3 is 2.74 bits per heavy atom. The molecule has 0 bridgehead atoms. The van der Waals surface area contributed by atoms with E-state index in [1.807, 2.05) is 42.2 Å². The van der Waals surface area contributed by atoms with Crippen molar-refractivity contribution >= 4 is 33.5 Å². The molecular formula is C29H33N7O3. The van der Waals surface area contributed by atoms with Gasteiger partial charge in [0.2, 0.25) is 5.91 Å². The zero-order valence-electron chi connectivity index (χ0n) is 22.4. The van der Waals surface area contributed by atoms with Crippen LogP contribution in [-0.2, 0) is 4.79 Å². The molecule has 4 aromatic rings. The fraction of sp³-hybridized carbons (Fsp3) is 0.379. The van der Waals surface area contributed by atoms with Crippen LogP contribution in [0.5, 0.6) is 17.5 Å². The number of anilines is 1. The Balaban J connectivity index is 1.38. The summed E-state index contributed by atoms with van der Waals surface area (Å²) in [7, 11) is 2.13. The van der Waals surface area contributed by atoms with Crippen LogP contribution in [-0.4, -0.2) is 88.3 Å². The van der Waals surface area contributed by atoms with Gasteiger partial charge in [-0.25, -0.2) is 0 Å². The second-order valence-corrected chi connectivity index (χ2v) is 10.2. The lowest BCUT2D eigenvalue weighted by Crippen LogP contribution is -2.48. The van der Waals surface area contributed by atoms with Crippen LogP contribution >= 0.6 is 0 Å². The van der Waals surface area contributed by atoms with Gasteiger partial charge < -0.3 is 24.2 Å². The zero-order valence-corrected chi connectivity index (χ0v) is 22.4. The van der Waals surface area contributed by atoms with Crippen molar-refractivity contribution in [2.24, 2.45) is 0 Å². The van der Waals surface area contributed by atoms with Crippen LogP contribution in [0.3, 0.4) is 0 Å². The van der Waals surface area contributed by atoms with E-state index in [-0.39, 0.29) is 5.91 Å². The Bertz CT molecular complexity index is 1530. The third-order valence-corrected chi connectivity index (χ3v) is 7.77. The molecule has 202 valence electrons. The van der Waals surface area contributed by atoms with Gasteiger partial charge in [-0.15, -0.1) is 0 Å². The maximum absolute atomic E-state index is 12.1. The van der Waals surface area contributed by atoms with Gasteiger partial charge in [0.25, 0.3) is 0 Å². The van der Waals surface area contributed by atoms with Gasteiger partial charge in [-0.05, 0) is 63.2 Å². The van der Waals surface area contributed by atoms with Gasteiger partial charge in [0, 0.05) is 37.6 Å². The predicted molar refractivity (Wildman–Crippen MR) is 151 cm³/mol. The van der Waals surface area contributed by atoms with Crippen molar-refractivity contribution in [2.75, 3.05) is 51.3 Å². The van der Waals surface area contributed by atoms with Crippen LogP contribution < -0.4 is 14.4 Å². The zero-order chi connectivity index (χ0) is 26.9. The number of nitrogens with one attached hydrogen (secondary N) is 1. The standard InChI is InChI=1S/C29H33N7O3/c1-4-25(37)35-13-15-36(16-14-35)28-21-8-5-9-24(39-27-19(2)10-11-23-22(27)17-30-33-23)26(21)31-29(32-28)38-18-20-7-6-12-34(20)3/h4-5,8-11,17,20H,1,6-7,12-16,18H2,2-3H3,(H,30,33). The number of nitrogens with zero attached hydrogens (tertiary/aromatic N) is 6. The van der Waals surface area contributed by atoms with Crippen molar-refractivity contribution < 1.29 is 14.3 Å². The maximum atomic E-state index is 12.1. The van der Waals surface area contributed by atoms with Gasteiger partial charge in [-0.3, -0.25) is 9.89 Å². The second kappa shape index (κ2) is 10.5. The van der Waals surface area contributed by atoms with E-state index >= 15 is 0 Å². The lowest BCUT2D eigenvalue weighted by molar-refractivity contribution is -0.126. The van der Waals surface area contributed by atoms with Crippen LogP contribution in [0.2, 0.25) is 0 Å². The topological polar surface area (TPSA) is 99.7 Å². The van der Waals surface area contributed by atoms with Gasteiger partial charge in [-0.2, -0.15) is 15.1 Å². The number of aromatic nitrogens is 4. The van der Waals surface area contributed by atoms with E-state index in [1.165, 1.54) is 12.5 Å². The first-order valence-electron chi connectivity index (χ1n) is 13.4. The van der Waals surface area contributed by atoms with Crippen LogP contribution in [0.15, 0.2) is 49.2 Å². The number of aromatic amines is 1. The highest BCUT2D eigenvalue weighted by atomic mass is 16.5. The number of rotatable bonds is 7. The largest absolute Gasteiger partial charge is 0.462 e. The molecule has 10 heteroatoms. The van der Waals surface area contributed by atoms with Gasteiger partial charge in [0.05, 0.1) is 17.1 Å². The predicted octanol–water partition coefficient (Wildman–Crippen LogP) is 3.91. The minimum atomic E-state index is -0.0496. The summed E-state index contributed by atoms with van der Waals surface area (Å²) in [5.74, 6) is 2.09. The number of hydrogen-bond donors (Lipinski definition) is 1. The van der Waals surface area contributed by atoms with Crippen LogP contribution in [0, 0.1) is 6.92 Å². The first kappa shape index (κ1) is 25.1. The summed E-state index contributed by atoms with van der Waals surface area (Å²) in [6, 6.07) is 10.6. The Labute approximate surface area is 227 Å². The number of hydrogen-bond acceptors (Lipinski definition) is 8. The Morgan fingerprint density at radius 2 is 1.97 bits per heavy atom. The van der Waals surface area contributed by atoms with Crippen molar-refractivity contribution in [3.05, 3.63) is 54.7 Å².